The van der Waals surface area contributed by atoms with Gasteiger partial charge in [0.25, 0.3) is 23.6 Å². The van der Waals surface area contributed by atoms with Crippen molar-refractivity contribution in [2.24, 2.45) is 5.92 Å². The van der Waals surface area contributed by atoms with Crippen LogP contribution in [0.4, 0.5) is 0 Å². The van der Waals surface area contributed by atoms with E-state index in [-0.39, 0.29) is 46.9 Å². The van der Waals surface area contributed by atoms with Crippen LogP contribution in [0.1, 0.15) is 123 Å². The standard InChI is InChI=1S/C59H66N16O8S6/c1-31(2)44-59-72-47(41(89-59)26-75-18-16-73(5)17-19-75)52(81)62-25-43(77)69-48(49(78)33-10-7-6-8-11-33)58-68-40(30-87-58)56-65-37(27-85-56)46-34(12-13-35(63-46)55-67-38(28-86-55)50(79)61-14-9-15-74-20-22-83-23-21-74)54-66-39(29-84-54)51(80)64-36(24-42(76)60-4)57-71-45(32(3)88-57)53(82)70-44/h6-8,10-13,27-31,36,44,48-49,78H,9,14-26H2,1-5H3,(H,60,76)(H,61,79)(H,62,81)(H,64,80)(H,69,77)(H,70,82). The molecule has 4 unspecified atom stereocenters. The summed E-state index contributed by atoms with van der Waals surface area (Å²) in [4.78, 5) is 126. The molecule has 89 heavy (non-hydrogen) atoms. The highest BCUT2D eigenvalue weighted by Gasteiger charge is 2.34. The van der Waals surface area contributed by atoms with Crippen LogP contribution in [0, 0.1) is 12.8 Å². The van der Waals surface area contributed by atoms with Gasteiger partial charge in [0, 0.05) is 91.4 Å². The molecule has 30 heteroatoms. The number of morpholine rings is 1. The average Bonchev–Trinajstić information content (AvgIpc) is 1.81. The van der Waals surface area contributed by atoms with Gasteiger partial charge < -0.3 is 46.6 Å². The highest BCUT2D eigenvalue weighted by Crippen LogP contribution is 2.40. The maximum Gasteiger partial charge on any atom is 0.271 e. The van der Waals surface area contributed by atoms with Crippen molar-refractivity contribution in [1.29, 1.82) is 0 Å². The maximum atomic E-state index is 14.5. The van der Waals surface area contributed by atoms with Crippen LogP contribution < -0.4 is 31.9 Å². The molecular weight excluding hydrogens is 1250 g/mol. The Morgan fingerprint density at radius 1 is 0.685 bits per heavy atom. The van der Waals surface area contributed by atoms with E-state index in [1.807, 2.05) is 31.4 Å². The molecule has 0 aliphatic carbocycles. The first-order chi connectivity index (χ1) is 43.0. The lowest BCUT2D eigenvalue weighted by atomic mass is 10.0. The van der Waals surface area contributed by atoms with Gasteiger partial charge in [0.1, 0.15) is 82.0 Å². The number of aromatic nitrogens is 7. The highest BCUT2D eigenvalue weighted by molar-refractivity contribution is 7.15. The molecule has 10 heterocycles. The summed E-state index contributed by atoms with van der Waals surface area (Å²) in [5, 5.41) is 39.0. The molecule has 2 saturated heterocycles. The number of thiazole rings is 6. The summed E-state index contributed by atoms with van der Waals surface area (Å²) < 4.78 is 5.46. The van der Waals surface area contributed by atoms with E-state index >= 15 is 0 Å². The maximum absolute atomic E-state index is 14.5. The van der Waals surface area contributed by atoms with Crippen LogP contribution >= 0.6 is 68.0 Å². The van der Waals surface area contributed by atoms with Crippen molar-refractivity contribution in [2.45, 2.75) is 64.4 Å². The van der Waals surface area contributed by atoms with Crippen molar-refractivity contribution in [2.75, 3.05) is 86.2 Å². The summed E-state index contributed by atoms with van der Waals surface area (Å²) in [5.74, 6) is -3.20. The molecule has 11 rings (SSSR count). The second kappa shape index (κ2) is 28.7. The smallest absolute Gasteiger partial charge is 0.271 e. The fourth-order valence-electron chi connectivity index (χ4n) is 10.2. The number of aliphatic hydroxyl groups excluding tert-OH is 1. The molecule has 4 atom stereocenters. The quantitative estimate of drug-likeness (QED) is 0.0617. The number of aryl methyl sites for hydroxylation is 1. The van der Waals surface area contributed by atoms with Gasteiger partial charge in [0.05, 0.1) is 48.8 Å². The van der Waals surface area contributed by atoms with Crippen LogP contribution in [-0.2, 0) is 20.9 Å². The topological polar surface area (TPSA) is 304 Å². The van der Waals surface area contributed by atoms with E-state index in [1.165, 1.54) is 75.1 Å². The van der Waals surface area contributed by atoms with Gasteiger partial charge in [-0.25, -0.2) is 34.9 Å². The van der Waals surface area contributed by atoms with E-state index in [0.717, 1.165) is 52.2 Å². The van der Waals surface area contributed by atoms with Gasteiger partial charge in [-0.3, -0.25) is 38.6 Å². The molecule has 10 bridgehead atoms. The Bertz CT molecular complexity index is 3850. The number of carbonyl (C=O) groups is 6. The van der Waals surface area contributed by atoms with E-state index in [2.05, 4.69) is 53.6 Å². The minimum Gasteiger partial charge on any atom is -0.386 e. The van der Waals surface area contributed by atoms with Crippen molar-refractivity contribution in [3.63, 3.8) is 0 Å². The fourth-order valence-corrected chi connectivity index (χ4v) is 15.8. The minimum atomic E-state index is -1.26. The monoisotopic (exact) mass is 1320 g/mol. The molecule has 24 nitrogen and oxygen atoms in total. The van der Waals surface area contributed by atoms with Crippen LogP contribution in [0.3, 0.4) is 0 Å². The Morgan fingerprint density at radius 3 is 2.18 bits per heavy atom. The SMILES string of the molecule is CNC(=O)CC1NC(=O)c2csc(n2)-c2ccc(-c3nc(C(=O)NCCCN4CCOCC4)cs3)nc2-c2csc(n2)-c2csc(n2)C(C(O)c2ccccc2)NC(=O)CNC(=O)c2nc(sc2CN2CCN(C)CC2)C(C(C)C)NC(=O)c2nc1sc2C. The normalized spacial score (nSPS) is 18.8. The van der Waals surface area contributed by atoms with Crippen molar-refractivity contribution >= 4 is 103 Å². The van der Waals surface area contributed by atoms with E-state index in [9.17, 15) is 33.9 Å². The number of pyridine rings is 1. The van der Waals surface area contributed by atoms with E-state index in [1.54, 1.807) is 53.4 Å². The summed E-state index contributed by atoms with van der Waals surface area (Å²) in [6.07, 6.45) is -0.684. The third-order valence-electron chi connectivity index (χ3n) is 15.2. The number of fused-ring (bicyclic) bond motifs is 14. The van der Waals surface area contributed by atoms with Crippen molar-refractivity contribution in [3.05, 3.63) is 117 Å². The first-order valence-corrected chi connectivity index (χ1v) is 34.1. The lowest BCUT2D eigenvalue weighted by molar-refractivity contribution is -0.122. The van der Waals surface area contributed by atoms with Crippen LogP contribution in [0.5, 0.6) is 0 Å². The molecule has 0 spiro atoms. The lowest BCUT2D eigenvalue weighted by Gasteiger charge is -2.32. The van der Waals surface area contributed by atoms with Gasteiger partial charge in [-0.05, 0) is 50.6 Å². The number of rotatable bonds is 13. The number of likely N-dealkylation sites (N-methyl/N-ethyl adjacent to an activating group) is 1. The number of ether oxygens (including phenoxy) is 1. The Kier molecular flexibility index (Phi) is 20.4. The average molecular weight is 1320 g/mol. The molecule has 3 aliphatic heterocycles. The molecule has 466 valence electrons. The summed E-state index contributed by atoms with van der Waals surface area (Å²) >= 11 is 7.47. The highest BCUT2D eigenvalue weighted by atomic mass is 32.1. The predicted octanol–water partition coefficient (Wildman–Crippen LogP) is 6.37. The number of nitrogens with one attached hydrogen (secondary N) is 6. The summed E-state index contributed by atoms with van der Waals surface area (Å²) in [6, 6.07) is 9.77. The van der Waals surface area contributed by atoms with Crippen LogP contribution in [-0.4, -0.2) is 176 Å². The van der Waals surface area contributed by atoms with Crippen LogP contribution in [0.2, 0.25) is 0 Å². The summed E-state index contributed by atoms with van der Waals surface area (Å²) in [5.41, 5.74) is 3.31. The number of nitrogens with zero attached hydrogens (tertiary/aromatic N) is 10. The Hall–Kier alpha value is -7.23. The van der Waals surface area contributed by atoms with Gasteiger partial charge in [-0.1, -0.05) is 44.2 Å². The molecule has 2 fully saturated rings. The second-order valence-electron chi connectivity index (χ2n) is 21.9. The molecule has 7 N–H and O–H groups in total. The Morgan fingerprint density at radius 2 is 1.40 bits per heavy atom. The zero-order valence-electron chi connectivity index (χ0n) is 49.4. The Labute approximate surface area is 537 Å². The number of benzene rings is 1. The van der Waals surface area contributed by atoms with E-state index in [4.69, 9.17) is 39.6 Å². The number of hydrogen-bond acceptors (Lipinski definition) is 24. The van der Waals surface area contributed by atoms with Crippen molar-refractivity contribution in [1.82, 2.24) is 81.5 Å². The lowest BCUT2D eigenvalue weighted by Crippen LogP contribution is -2.44. The van der Waals surface area contributed by atoms with Crippen LogP contribution in [0.25, 0.3) is 43.4 Å². The third-order valence-corrected chi connectivity index (χ3v) is 20.9. The first kappa shape index (κ1) is 63.3. The molecule has 8 aromatic rings. The number of aliphatic hydroxyl groups is 1. The van der Waals surface area contributed by atoms with Gasteiger partial charge >= 0.3 is 0 Å². The van der Waals surface area contributed by atoms with Gasteiger partial charge in [-0.15, -0.1) is 68.0 Å². The van der Waals surface area contributed by atoms with E-state index in [0.29, 0.717) is 100 Å². The zero-order chi connectivity index (χ0) is 62.3. The number of amides is 6. The molecule has 0 saturated carbocycles. The minimum absolute atomic E-state index is 0.0502. The Balaban J connectivity index is 0.952. The van der Waals surface area contributed by atoms with Gasteiger partial charge in [0.2, 0.25) is 11.8 Å². The fraction of sp³-hybridized carbons (Fsp3) is 0.407. The summed E-state index contributed by atoms with van der Waals surface area (Å²) in [6.45, 7) is 13.2. The van der Waals surface area contributed by atoms with Crippen molar-refractivity contribution in [3.8, 4) is 43.4 Å². The zero-order valence-corrected chi connectivity index (χ0v) is 54.3. The molecular formula is C59H66N16O8S6. The van der Waals surface area contributed by atoms with Crippen molar-refractivity contribution < 1.29 is 38.6 Å². The molecule has 1 aromatic carbocycles. The third kappa shape index (κ3) is 15.2. The number of carbonyl (C=O) groups excluding carboxylic acids is 6. The molecule has 3 aliphatic rings. The largest absolute Gasteiger partial charge is 0.386 e. The number of piperazine rings is 1. The first-order valence-electron chi connectivity index (χ1n) is 29.0. The predicted molar refractivity (Wildman–Crippen MR) is 343 cm³/mol. The molecule has 0 radical (unpaired) electrons. The van der Waals surface area contributed by atoms with Gasteiger partial charge in [0.15, 0.2) is 0 Å². The molecule has 7 aromatic heterocycles. The van der Waals surface area contributed by atoms with Gasteiger partial charge in [-0.2, -0.15) is 0 Å². The molecule has 6 amide bonds. The van der Waals surface area contributed by atoms with E-state index < -0.39 is 54.4 Å². The summed E-state index contributed by atoms with van der Waals surface area (Å²) in [7, 11) is 3.55. The second-order valence-corrected chi connectivity index (χ2v) is 27.7. The number of hydrogen-bond donors (Lipinski definition) is 7. The van der Waals surface area contributed by atoms with Crippen LogP contribution in [0.15, 0.2) is 64.0 Å².